The van der Waals surface area contributed by atoms with Crippen LogP contribution in [-0.4, -0.2) is 24.6 Å². The summed E-state index contributed by atoms with van der Waals surface area (Å²) in [5, 5.41) is 0. The molecule has 2 unspecified atom stereocenters. The van der Waals surface area contributed by atoms with Crippen LogP contribution >= 0.6 is 0 Å². The second-order valence-electron chi connectivity index (χ2n) is 5.44. The Kier molecular flexibility index (Phi) is 3.21. The van der Waals surface area contributed by atoms with Crippen molar-refractivity contribution in [2.75, 3.05) is 0 Å². The zero-order chi connectivity index (χ0) is 12.7. The fourth-order valence-corrected chi connectivity index (χ4v) is 3.56. The van der Waals surface area contributed by atoms with E-state index in [1.54, 1.807) is 0 Å². The van der Waals surface area contributed by atoms with Crippen molar-refractivity contribution in [3.8, 4) is 0 Å². The van der Waals surface area contributed by atoms with Crippen LogP contribution in [-0.2, 0) is 24.1 Å². The van der Waals surface area contributed by atoms with Crippen molar-refractivity contribution in [1.29, 1.82) is 0 Å². The first-order valence-corrected chi connectivity index (χ1v) is 6.72. The molecule has 2 aliphatic heterocycles. The molecule has 5 heteroatoms. The highest BCUT2D eigenvalue weighted by Gasteiger charge is 2.62. The summed E-state index contributed by atoms with van der Waals surface area (Å²) in [5.41, 5.74) is 0. The van der Waals surface area contributed by atoms with Crippen molar-refractivity contribution in [2.45, 2.75) is 45.2 Å². The van der Waals surface area contributed by atoms with Crippen LogP contribution in [0.15, 0.2) is 0 Å². The summed E-state index contributed by atoms with van der Waals surface area (Å²) in [4.78, 5) is 33.5. The predicted molar refractivity (Wildman–Crippen MR) is 60.0 cm³/mol. The highest BCUT2D eigenvalue weighted by atomic mass is 17.3. The molecule has 3 aliphatic rings. The van der Waals surface area contributed by atoms with E-state index in [1.165, 1.54) is 0 Å². The molecule has 100 valence electrons. The van der Waals surface area contributed by atoms with Crippen molar-refractivity contribution in [3.63, 3.8) is 0 Å². The standard InChI is InChI=1S/C13H18O5/c1-2-3-4-9(15)10-7(6-14)5-8-11(10)13-16-12(8)17-18-13/h6-8,10-13H,2-5H2,1H3/t7?,8-,10?,11-,12-,13+/m1/s1. The number of aldehydes is 1. The molecule has 5 nitrogen and oxygen atoms in total. The molecular weight excluding hydrogens is 236 g/mol. The van der Waals surface area contributed by atoms with E-state index >= 15 is 0 Å². The summed E-state index contributed by atoms with van der Waals surface area (Å²) in [6.45, 7) is 2.06. The summed E-state index contributed by atoms with van der Waals surface area (Å²) in [6.07, 6.45) is 3.18. The van der Waals surface area contributed by atoms with Gasteiger partial charge in [0.05, 0.1) is 0 Å². The Morgan fingerprint density at radius 3 is 2.83 bits per heavy atom. The number of rotatable bonds is 5. The van der Waals surface area contributed by atoms with E-state index in [4.69, 9.17) is 14.5 Å². The van der Waals surface area contributed by atoms with E-state index < -0.39 is 6.29 Å². The Morgan fingerprint density at radius 2 is 2.11 bits per heavy atom. The van der Waals surface area contributed by atoms with Crippen molar-refractivity contribution < 1.29 is 24.1 Å². The molecule has 0 N–H and O–H groups in total. The van der Waals surface area contributed by atoms with Crippen molar-refractivity contribution in [2.24, 2.45) is 23.7 Å². The van der Waals surface area contributed by atoms with Gasteiger partial charge in [-0.3, -0.25) is 4.79 Å². The van der Waals surface area contributed by atoms with Crippen molar-refractivity contribution in [1.82, 2.24) is 0 Å². The molecule has 0 radical (unpaired) electrons. The minimum Gasteiger partial charge on any atom is -0.317 e. The molecule has 3 fully saturated rings. The second-order valence-corrected chi connectivity index (χ2v) is 5.44. The van der Waals surface area contributed by atoms with Crippen LogP contribution in [0.1, 0.15) is 32.6 Å². The van der Waals surface area contributed by atoms with Gasteiger partial charge in [0.2, 0.25) is 0 Å². The SMILES string of the molecule is CCCCC(=O)C1C(C=O)C[C@H]2[C@H]3OO[C@H](O3)[C@@H]12. The van der Waals surface area contributed by atoms with E-state index in [9.17, 15) is 9.59 Å². The molecule has 0 amide bonds. The van der Waals surface area contributed by atoms with Gasteiger partial charge >= 0.3 is 0 Å². The zero-order valence-corrected chi connectivity index (χ0v) is 10.4. The van der Waals surface area contributed by atoms with Gasteiger partial charge in [-0.05, 0) is 12.8 Å². The lowest BCUT2D eigenvalue weighted by molar-refractivity contribution is -0.339. The molecule has 2 saturated heterocycles. The molecule has 18 heavy (non-hydrogen) atoms. The van der Waals surface area contributed by atoms with Crippen LogP contribution < -0.4 is 0 Å². The van der Waals surface area contributed by atoms with E-state index in [-0.39, 0.29) is 35.7 Å². The quantitative estimate of drug-likeness (QED) is 0.549. The van der Waals surface area contributed by atoms with Crippen LogP contribution in [0.3, 0.4) is 0 Å². The fraction of sp³-hybridized carbons (Fsp3) is 0.846. The van der Waals surface area contributed by atoms with Gasteiger partial charge in [0.1, 0.15) is 12.1 Å². The van der Waals surface area contributed by atoms with Gasteiger partial charge in [0.15, 0.2) is 12.6 Å². The number of unbranched alkanes of at least 4 members (excludes halogenated alkanes) is 1. The Bertz CT molecular complexity index is 355. The van der Waals surface area contributed by atoms with Gasteiger partial charge in [-0.25, -0.2) is 9.78 Å². The third-order valence-corrected chi connectivity index (χ3v) is 4.42. The number of ketones is 1. The number of fused-ring (bicyclic) bond motifs is 5. The second kappa shape index (κ2) is 4.72. The molecule has 0 aromatic heterocycles. The molecule has 0 aromatic carbocycles. The average Bonchev–Trinajstić information content (AvgIpc) is 3.05. The van der Waals surface area contributed by atoms with E-state index in [1.807, 2.05) is 0 Å². The van der Waals surface area contributed by atoms with Gasteiger partial charge in [-0.1, -0.05) is 13.3 Å². The molecule has 1 saturated carbocycles. The molecule has 0 spiro atoms. The van der Waals surface area contributed by atoms with Gasteiger partial charge in [0.25, 0.3) is 0 Å². The molecule has 2 bridgehead atoms. The monoisotopic (exact) mass is 254 g/mol. The number of hydrogen-bond donors (Lipinski definition) is 0. The van der Waals surface area contributed by atoms with Crippen LogP contribution in [0.25, 0.3) is 0 Å². The first-order chi connectivity index (χ1) is 8.76. The topological polar surface area (TPSA) is 61.8 Å². The summed E-state index contributed by atoms with van der Waals surface area (Å²) < 4.78 is 5.50. The van der Waals surface area contributed by atoms with Crippen LogP contribution in [0.5, 0.6) is 0 Å². The van der Waals surface area contributed by atoms with Gasteiger partial charge in [0, 0.05) is 30.1 Å². The average molecular weight is 254 g/mol. The van der Waals surface area contributed by atoms with Gasteiger partial charge in [-0.2, -0.15) is 0 Å². The fourth-order valence-electron chi connectivity index (χ4n) is 3.56. The lowest BCUT2D eigenvalue weighted by atomic mass is 9.82. The summed E-state index contributed by atoms with van der Waals surface area (Å²) >= 11 is 0. The number of carbonyl (C=O) groups is 2. The largest absolute Gasteiger partial charge is 0.317 e. The highest BCUT2D eigenvalue weighted by molar-refractivity contribution is 5.85. The van der Waals surface area contributed by atoms with E-state index in [2.05, 4.69) is 6.92 Å². The molecular formula is C13H18O5. The maximum absolute atomic E-state index is 12.3. The lowest BCUT2D eigenvalue weighted by Crippen LogP contribution is -2.34. The number of hydrogen-bond acceptors (Lipinski definition) is 5. The maximum Gasteiger partial charge on any atom is 0.198 e. The third kappa shape index (κ3) is 1.73. The molecule has 3 rings (SSSR count). The van der Waals surface area contributed by atoms with E-state index in [0.717, 1.165) is 19.1 Å². The lowest BCUT2D eigenvalue weighted by Gasteiger charge is -2.24. The Balaban J connectivity index is 1.77. The molecule has 2 heterocycles. The number of carbonyl (C=O) groups excluding carboxylic acids is 2. The van der Waals surface area contributed by atoms with Crippen LogP contribution in [0, 0.1) is 23.7 Å². The van der Waals surface area contributed by atoms with Gasteiger partial charge < -0.3 is 9.53 Å². The summed E-state index contributed by atoms with van der Waals surface area (Å²) in [7, 11) is 0. The molecule has 0 aromatic rings. The summed E-state index contributed by atoms with van der Waals surface area (Å²) in [5.74, 6) is -0.111. The Labute approximate surface area is 106 Å². The number of ether oxygens (including phenoxy) is 1. The summed E-state index contributed by atoms with van der Waals surface area (Å²) in [6, 6.07) is 0. The Morgan fingerprint density at radius 1 is 1.33 bits per heavy atom. The minimum atomic E-state index is -0.458. The highest BCUT2D eigenvalue weighted by Crippen LogP contribution is 2.54. The maximum atomic E-state index is 12.3. The first-order valence-electron chi connectivity index (χ1n) is 6.72. The van der Waals surface area contributed by atoms with Gasteiger partial charge in [-0.15, -0.1) is 0 Å². The van der Waals surface area contributed by atoms with Crippen LogP contribution in [0.4, 0.5) is 0 Å². The van der Waals surface area contributed by atoms with E-state index in [0.29, 0.717) is 12.8 Å². The molecule has 1 aliphatic carbocycles. The molecule has 6 atom stereocenters. The minimum absolute atomic E-state index is 0.00306. The Hall–Kier alpha value is -0.780. The van der Waals surface area contributed by atoms with Crippen molar-refractivity contribution >= 4 is 12.1 Å². The van der Waals surface area contributed by atoms with Crippen molar-refractivity contribution in [3.05, 3.63) is 0 Å². The third-order valence-electron chi connectivity index (χ3n) is 4.42. The number of Topliss-reactive ketones (excluding diaryl/α,β-unsaturated/α-hetero) is 1. The predicted octanol–water partition coefficient (Wildman–Crippen LogP) is 1.46. The van der Waals surface area contributed by atoms with Crippen LogP contribution in [0.2, 0.25) is 0 Å². The smallest absolute Gasteiger partial charge is 0.198 e. The first kappa shape index (κ1) is 12.3. The zero-order valence-electron chi connectivity index (χ0n) is 10.4. The normalized spacial score (nSPS) is 45.2.